The SMILES string of the molecule is O=C(N1Cc2cc(CN3CC(F)C3)cnc2C1)C(F)(F)F. The van der Waals surface area contributed by atoms with Gasteiger partial charge in [0.2, 0.25) is 0 Å². The fourth-order valence-corrected chi connectivity index (χ4v) is 2.61. The number of halogens is 4. The molecular formula is C13H13F4N3O. The third kappa shape index (κ3) is 2.85. The van der Waals surface area contributed by atoms with Gasteiger partial charge in [0.1, 0.15) is 6.17 Å². The van der Waals surface area contributed by atoms with Crippen molar-refractivity contribution in [2.75, 3.05) is 13.1 Å². The Morgan fingerprint density at radius 1 is 1.33 bits per heavy atom. The highest BCUT2D eigenvalue weighted by Crippen LogP contribution is 2.27. The largest absolute Gasteiger partial charge is 0.471 e. The second kappa shape index (κ2) is 4.94. The fraction of sp³-hybridized carbons (Fsp3) is 0.538. The molecule has 0 unspecified atom stereocenters. The molecule has 0 atom stereocenters. The lowest BCUT2D eigenvalue weighted by atomic mass is 10.1. The highest BCUT2D eigenvalue weighted by molar-refractivity contribution is 5.82. The van der Waals surface area contributed by atoms with Gasteiger partial charge in [-0.2, -0.15) is 13.2 Å². The van der Waals surface area contributed by atoms with Crippen molar-refractivity contribution in [3.63, 3.8) is 0 Å². The summed E-state index contributed by atoms with van der Waals surface area (Å²) >= 11 is 0. The third-order valence-corrected chi connectivity index (χ3v) is 3.67. The molecule has 3 rings (SSSR count). The summed E-state index contributed by atoms with van der Waals surface area (Å²) in [5.74, 6) is -1.84. The molecule has 21 heavy (non-hydrogen) atoms. The average molecular weight is 303 g/mol. The van der Waals surface area contributed by atoms with E-state index >= 15 is 0 Å². The van der Waals surface area contributed by atoms with Gasteiger partial charge in [0.15, 0.2) is 0 Å². The molecule has 2 aliphatic rings. The predicted molar refractivity (Wildman–Crippen MR) is 64.7 cm³/mol. The molecule has 0 saturated carbocycles. The Morgan fingerprint density at radius 3 is 2.67 bits per heavy atom. The van der Waals surface area contributed by atoms with Crippen molar-refractivity contribution in [1.82, 2.24) is 14.8 Å². The molecule has 0 N–H and O–H groups in total. The van der Waals surface area contributed by atoms with Gasteiger partial charge in [0.25, 0.3) is 0 Å². The van der Waals surface area contributed by atoms with Gasteiger partial charge >= 0.3 is 12.1 Å². The lowest BCUT2D eigenvalue weighted by Crippen LogP contribution is -2.47. The number of amides is 1. The van der Waals surface area contributed by atoms with Crippen LogP contribution in [0.3, 0.4) is 0 Å². The van der Waals surface area contributed by atoms with Gasteiger partial charge in [-0.1, -0.05) is 0 Å². The zero-order chi connectivity index (χ0) is 15.2. The first kappa shape index (κ1) is 14.2. The summed E-state index contributed by atoms with van der Waals surface area (Å²) in [6.45, 7) is 1.06. The number of hydrogen-bond acceptors (Lipinski definition) is 3. The number of hydrogen-bond donors (Lipinski definition) is 0. The lowest BCUT2D eigenvalue weighted by molar-refractivity contribution is -0.186. The number of aromatic nitrogens is 1. The van der Waals surface area contributed by atoms with Crippen molar-refractivity contribution in [3.05, 3.63) is 29.1 Å². The summed E-state index contributed by atoms with van der Waals surface area (Å²) in [5.41, 5.74) is 1.94. The van der Waals surface area contributed by atoms with Crippen molar-refractivity contribution in [2.45, 2.75) is 32.0 Å². The molecule has 8 heteroatoms. The van der Waals surface area contributed by atoms with Gasteiger partial charge in [-0.15, -0.1) is 0 Å². The Morgan fingerprint density at radius 2 is 2.05 bits per heavy atom. The van der Waals surface area contributed by atoms with Crippen LogP contribution in [0.5, 0.6) is 0 Å². The van der Waals surface area contributed by atoms with E-state index in [1.807, 2.05) is 4.90 Å². The summed E-state index contributed by atoms with van der Waals surface area (Å²) in [6, 6.07) is 1.75. The Bertz CT molecular complexity index is 569. The predicted octanol–water partition coefficient (Wildman–Crippen LogP) is 1.64. The molecule has 1 saturated heterocycles. The van der Waals surface area contributed by atoms with Crippen LogP contribution in [0.4, 0.5) is 17.6 Å². The second-order valence-electron chi connectivity index (χ2n) is 5.40. The standard InChI is InChI=1S/C13H13F4N3O/c14-10-5-19(6-10)3-8-1-9-4-20(7-11(9)18-2-8)12(21)13(15,16)17/h1-2,10H,3-7H2. The summed E-state index contributed by atoms with van der Waals surface area (Å²) in [6.07, 6.45) is -4.09. The van der Waals surface area contributed by atoms with Gasteiger partial charge < -0.3 is 4.90 Å². The Hall–Kier alpha value is -1.70. The zero-order valence-corrected chi connectivity index (χ0v) is 11.0. The van der Waals surface area contributed by atoms with Crippen LogP contribution in [-0.4, -0.2) is 46.1 Å². The number of alkyl halides is 4. The van der Waals surface area contributed by atoms with E-state index in [-0.39, 0.29) is 13.1 Å². The van der Waals surface area contributed by atoms with Crippen LogP contribution in [0.15, 0.2) is 12.3 Å². The molecule has 0 radical (unpaired) electrons. The van der Waals surface area contributed by atoms with Gasteiger partial charge in [0.05, 0.1) is 12.2 Å². The molecule has 1 aromatic rings. The van der Waals surface area contributed by atoms with E-state index in [2.05, 4.69) is 4.98 Å². The van der Waals surface area contributed by atoms with Gasteiger partial charge in [-0.3, -0.25) is 14.7 Å². The Kier molecular flexibility index (Phi) is 3.35. The van der Waals surface area contributed by atoms with Crippen LogP contribution in [0.2, 0.25) is 0 Å². The molecule has 2 aliphatic heterocycles. The maximum Gasteiger partial charge on any atom is 0.471 e. The Balaban J connectivity index is 1.68. The molecule has 4 nitrogen and oxygen atoms in total. The zero-order valence-electron chi connectivity index (χ0n) is 11.0. The van der Waals surface area contributed by atoms with Gasteiger partial charge in [0, 0.05) is 32.4 Å². The van der Waals surface area contributed by atoms with E-state index in [4.69, 9.17) is 0 Å². The van der Waals surface area contributed by atoms with Crippen LogP contribution in [0.1, 0.15) is 16.8 Å². The van der Waals surface area contributed by atoms with Crippen LogP contribution < -0.4 is 0 Å². The van der Waals surface area contributed by atoms with E-state index in [1.165, 1.54) is 0 Å². The number of rotatable bonds is 2. The number of carbonyl (C=O) groups is 1. The molecule has 0 bridgehead atoms. The molecule has 3 heterocycles. The minimum Gasteiger partial charge on any atom is -0.325 e. The topological polar surface area (TPSA) is 36.4 Å². The maximum atomic E-state index is 12.7. The molecule has 0 aliphatic carbocycles. The van der Waals surface area contributed by atoms with Gasteiger partial charge in [-0.05, 0) is 17.2 Å². The first-order valence-corrected chi connectivity index (χ1v) is 6.52. The van der Waals surface area contributed by atoms with Crippen LogP contribution in [-0.2, 0) is 24.4 Å². The smallest absolute Gasteiger partial charge is 0.325 e. The quantitative estimate of drug-likeness (QED) is 0.779. The first-order valence-electron chi connectivity index (χ1n) is 6.52. The minimum absolute atomic E-state index is 0.0831. The van der Waals surface area contributed by atoms with E-state index in [0.717, 1.165) is 10.5 Å². The number of pyridine rings is 1. The van der Waals surface area contributed by atoms with Crippen LogP contribution in [0.25, 0.3) is 0 Å². The molecule has 1 amide bonds. The molecule has 0 spiro atoms. The van der Waals surface area contributed by atoms with Crippen molar-refractivity contribution in [1.29, 1.82) is 0 Å². The minimum atomic E-state index is -4.86. The van der Waals surface area contributed by atoms with Crippen molar-refractivity contribution in [2.24, 2.45) is 0 Å². The summed E-state index contributed by atoms with van der Waals surface area (Å²) in [7, 11) is 0. The van der Waals surface area contributed by atoms with Crippen molar-refractivity contribution >= 4 is 5.91 Å². The highest BCUT2D eigenvalue weighted by atomic mass is 19.4. The van der Waals surface area contributed by atoms with Crippen LogP contribution >= 0.6 is 0 Å². The average Bonchev–Trinajstić information content (AvgIpc) is 2.77. The van der Waals surface area contributed by atoms with Crippen molar-refractivity contribution in [3.8, 4) is 0 Å². The number of likely N-dealkylation sites (tertiary alicyclic amines) is 1. The van der Waals surface area contributed by atoms with Gasteiger partial charge in [-0.25, -0.2) is 4.39 Å². The maximum absolute atomic E-state index is 12.7. The highest BCUT2D eigenvalue weighted by Gasteiger charge is 2.44. The number of carbonyl (C=O) groups excluding carboxylic acids is 1. The summed E-state index contributed by atoms with van der Waals surface area (Å²) < 4.78 is 50.0. The molecule has 1 fully saturated rings. The molecule has 114 valence electrons. The first-order chi connectivity index (χ1) is 9.83. The van der Waals surface area contributed by atoms with E-state index in [9.17, 15) is 22.4 Å². The second-order valence-corrected chi connectivity index (χ2v) is 5.40. The van der Waals surface area contributed by atoms with Crippen molar-refractivity contribution < 1.29 is 22.4 Å². The summed E-state index contributed by atoms with van der Waals surface area (Å²) in [4.78, 5) is 18.0. The Labute approximate surface area is 118 Å². The fourth-order valence-electron chi connectivity index (χ4n) is 2.61. The van der Waals surface area contributed by atoms with E-state index in [0.29, 0.717) is 30.9 Å². The normalized spacial score (nSPS) is 19.5. The van der Waals surface area contributed by atoms with E-state index in [1.54, 1.807) is 12.3 Å². The third-order valence-electron chi connectivity index (χ3n) is 3.67. The lowest BCUT2D eigenvalue weighted by Gasteiger charge is -2.34. The molecule has 0 aromatic carbocycles. The molecule has 1 aromatic heterocycles. The number of fused-ring (bicyclic) bond motifs is 1. The number of nitrogens with zero attached hydrogens (tertiary/aromatic N) is 3. The summed E-state index contributed by atoms with van der Waals surface area (Å²) in [5, 5.41) is 0. The monoisotopic (exact) mass is 303 g/mol. The van der Waals surface area contributed by atoms with E-state index < -0.39 is 18.3 Å². The molecular weight excluding hydrogens is 290 g/mol. The van der Waals surface area contributed by atoms with Crippen LogP contribution in [0, 0.1) is 0 Å².